The number of benzene rings is 2. The van der Waals surface area contributed by atoms with Gasteiger partial charge >= 0.3 is 0 Å². The molecule has 0 saturated carbocycles. The molecule has 1 fully saturated rings. The second kappa shape index (κ2) is 8.10. The highest BCUT2D eigenvalue weighted by Crippen LogP contribution is 2.33. The predicted octanol–water partition coefficient (Wildman–Crippen LogP) is 5.88. The van der Waals surface area contributed by atoms with Gasteiger partial charge in [0, 0.05) is 17.3 Å². The molecule has 146 valence electrons. The summed E-state index contributed by atoms with van der Waals surface area (Å²) < 4.78 is 0. The summed E-state index contributed by atoms with van der Waals surface area (Å²) >= 11 is 12.0. The minimum Gasteiger partial charge on any atom is -0.340 e. The van der Waals surface area contributed by atoms with Gasteiger partial charge < -0.3 is 15.2 Å². The minimum atomic E-state index is 0.157. The molecule has 3 aromatic rings. The highest BCUT2D eigenvalue weighted by molar-refractivity contribution is 7.80. The van der Waals surface area contributed by atoms with Gasteiger partial charge in [-0.1, -0.05) is 43.6 Å². The Bertz CT molecular complexity index is 991. The van der Waals surface area contributed by atoms with E-state index >= 15 is 0 Å². The fraction of sp³-hybridized carbons (Fsp3) is 0.364. The third-order valence-corrected chi connectivity index (χ3v) is 6.09. The number of rotatable bonds is 4. The molecule has 1 unspecified atom stereocenters. The van der Waals surface area contributed by atoms with Crippen LogP contribution in [-0.2, 0) is 12.8 Å². The number of para-hydroxylation sites is 1. The largest absolute Gasteiger partial charge is 0.340 e. The molecule has 6 heteroatoms. The monoisotopic (exact) mass is 412 g/mol. The molecule has 1 saturated heterocycles. The average Bonchev–Trinajstić information content (AvgIpc) is 3.34. The number of hydrogen-bond donors (Lipinski definition) is 2. The summed E-state index contributed by atoms with van der Waals surface area (Å²) in [5.41, 5.74) is 5.68. The molecule has 0 amide bonds. The van der Waals surface area contributed by atoms with Gasteiger partial charge in [-0.3, -0.25) is 0 Å². The number of anilines is 1. The van der Waals surface area contributed by atoms with E-state index in [1.807, 2.05) is 18.2 Å². The quantitative estimate of drug-likeness (QED) is 0.525. The van der Waals surface area contributed by atoms with Crippen molar-refractivity contribution in [3.05, 3.63) is 58.4 Å². The van der Waals surface area contributed by atoms with Gasteiger partial charge in [-0.25, -0.2) is 4.98 Å². The Labute approximate surface area is 176 Å². The first-order valence-electron chi connectivity index (χ1n) is 9.94. The van der Waals surface area contributed by atoms with Gasteiger partial charge in [0.15, 0.2) is 5.11 Å². The number of aryl methyl sites for hydroxylation is 2. The molecule has 0 aliphatic carbocycles. The zero-order valence-electron chi connectivity index (χ0n) is 16.3. The van der Waals surface area contributed by atoms with Crippen molar-refractivity contribution >= 4 is 45.7 Å². The Morgan fingerprint density at radius 3 is 2.71 bits per heavy atom. The SMILES string of the molecule is CCc1cccc(CC)c1NC(=S)N1CCCC1c1nc2ccc(Cl)cc2[nH]1. The van der Waals surface area contributed by atoms with Gasteiger partial charge in [0.25, 0.3) is 0 Å². The zero-order chi connectivity index (χ0) is 19.7. The molecule has 2 heterocycles. The number of fused-ring (bicyclic) bond motifs is 1. The lowest BCUT2D eigenvalue weighted by molar-refractivity contribution is 0.392. The summed E-state index contributed by atoms with van der Waals surface area (Å²) in [6.45, 7) is 5.30. The molecule has 1 aliphatic heterocycles. The van der Waals surface area contributed by atoms with Crippen molar-refractivity contribution in [2.24, 2.45) is 0 Å². The minimum absolute atomic E-state index is 0.157. The van der Waals surface area contributed by atoms with Crippen molar-refractivity contribution in [2.45, 2.75) is 45.6 Å². The lowest BCUT2D eigenvalue weighted by Crippen LogP contribution is -2.35. The fourth-order valence-corrected chi connectivity index (χ4v) is 4.53. The standard InChI is InChI=1S/C22H25ClN4S/c1-3-14-7-5-8-15(4-2)20(14)26-22(28)27-12-6-9-19(27)21-24-17-11-10-16(23)13-18(17)25-21/h5,7-8,10-11,13,19H,3-4,6,9,12H2,1-2H3,(H,24,25)(H,26,28). The van der Waals surface area contributed by atoms with Crippen molar-refractivity contribution < 1.29 is 0 Å². The summed E-state index contributed by atoms with van der Waals surface area (Å²) in [5, 5.41) is 5.05. The number of halogens is 1. The molecular weight excluding hydrogens is 388 g/mol. The van der Waals surface area contributed by atoms with E-state index in [0.717, 1.165) is 54.2 Å². The molecule has 2 aromatic carbocycles. The number of imidazole rings is 1. The molecular formula is C22H25ClN4S. The van der Waals surface area contributed by atoms with Gasteiger partial charge in [-0.15, -0.1) is 0 Å². The average molecular weight is 413 g/mol. The van der Waals surface area contributed by atoms with E-state index in [2.05, 4.69) is 47.2 Å². The van der Waals surface area contributed by atoms with Crippen molar-refractivity contribution in [1.82, 2.24) is 14.9 Å². The first kappa shape index (κ1) is 19.2. The normalized spacial score (nSPS) is 16.7. The van der Waals surface area contributed by atoms with E-state index < -0.39 is 0 Å². The highest BCUT2D eigenvalue weighted by atomic mass is 35.5. The van der Waals surface area contributed by atoms with Crippen LogP contribution in [0.5, 0.6) is 0 Å². The molecule has 2 N–H and O–H groups in total. The number of hydrogen-bond acceptors (Lipinski definition) is 2. The Morgan fingerprint density at radius 2 is 2.00 bits per heavy atom. The Kier molecular flexibility index (Phi) is 5.56. The predicted molar refractivity (Wildman–Crippen MR) is 121 cm³/mol. The highest BCUT2D eigenvalue weighted by Gasteiger charge is 2.30. The van der Waals surface area contributed by atoms with Gasteiger partial charge in [-0.2, -0.15) is 0 Å². The molecule has 1 aliphatic rings. The number of nitrogens with zero attached hydrogens (tertiary/aromatic N) is 2. The van der Waals surface area contributed by atoms with Gasteiger partial charge in [0.05, 0.1) is 17.1 Å². The van der Waals surface area contributed by atoms with Gasteiger partial charge in [0.2, 0.25) is 0 Å². The Hall–Kier alpha value is -2.11. The Balaban J connectivity index is 1.60. The number of likely N-dealkylation sites (tertiary alicyclic amines) is 1. The van der Waals surface area contributed by atoms with Crippen molar-refractivity contribution in [1.29, 1.82) is 0 Å². The number of aromatic amines is 1. The van der Waals surface area contributed by atoms with Gasteiger partial charge in [0.1, 0.15) is 5.82 Å². The molecule has 28 heavy (non-hydrogen) atoms. The lowest BCUT2D eigenvalue weighted by Gasteiger charge is -2.27. The van der Waals surface area contributed by atoms with Crippen LogP contribution < -0.4 is 5.32 Å². The third kappa shape index (κ3) is 3.61. The maximum absolute atomic E-state index is 6.13. The van der Waals surface area contributed by atoms with E-state index in [-0.39, 0.29) is 6.04 Å². The third-order valence-electron chi connectivity index (χ3n) is 5.52. The van der Waals surface area contributed by atoms with Crippen molar-refractivity contribution in [3.63, 3.8) is 0 Å². The topological polar surface area (TPSA) is 44.0 Å². The van der Waals surface area contributed by atoms with Crippen LogP contribution in [0.4, 0.5) is 5.69 Å². The fourth-order valence-electron chi connectivity index (χ4n) is 4.04. The number of H-pyrrole nitrogens is 1. The van der Waals surface area contributed by atoms with Crippen LogP contribution in [0.3, 0.4) is 0 Å². The number of nitrogens with one attached hydrogen (secondary N) is 2. The summed E-state index contributed by atoms with van der Waals surface area (Å²) in [5.74, 6) is 0.957. The van der Waals surface area contributed by atoms with Crippen LogP contribution in [0.2, 0.25) is 5.02 Å². The van der Waals surface area contributed by atoms with Crippen LogP contribution in [-0.4, -0.2) is 26.5 Å². The van der Waals surface area contributed by atoms with Crippen molar-refractivity contribution in [2.75, 3.05) is 11.9 Å². The number of thiocarbonyl (C=S) groups is 1. The molecule has 0 radical (unpaired) electrons. The summed E-state index contributed by atoms with van der Waals surface area (Å²) in [4.78, 5) is 10.5. The lowest BCUT2D eigenvalue weighted by atomic mass is 10.0. The van der Waals surface area contributed by atoms with E-state index in [1.54, 1.807) is 0 Å². The first-order chi connectivity index (χ1) is 13.6. The van der Waals surface area contributed by atoms with Crippen LogP contribution in [0.1, 0.15) is 49.7 Å². The van der Waals surface area contributed by atoms with Crippen LogP contribution in [0.15, 0.2) is 36.4 Å². The van der Waals surface area contributed by atoms with Crippen LogP contribution in [0, 0.1) is 0 Å². The Morgan fingerprint density at radius 1 is 1.25 bits per heavy atom. The summed E-state index contributed by atoms with van der Waals surface area (Å²) in [6.07, 6.45) is 4.09. The first-order valence-corrected chi connectivity index (χ1v) is 10.7. The molecule has 0 spiro atoms. The number of aromatic nitrogens is 2. The van der Waals surface area contributed by atoms with Crippen LogP contribution >= 0.6 is 23.8 Å². The van der Waals surface area contributed by atoms with E-state index in [4.69, 9.17) is 28.8 Å². The summed E-state index contributed by atoms with van der Waals surface area (Å²) in [7, 11) is 0. The van der Waals surface area contributed by atoms with E-state index in [1.165, 1.54) is 16.8 Å². The van der Waals surface area contributed by atoms with E-state index in [0.29, 0.717) is 5.02 Å². The van der Waals surface area contributed by atoms with Crippen LogP contribution in [0.25, 0.3) is 11.0 Å². The molecule has 4 nitrogen and oxygen atoms in total. The van der Waals surface area contributed by atoms with Gasteiger partial charge in [-0.05, 0) is 67.2 Å². The maximum Gasteiger partial charge on any atom is 0.174 e. The zero-order valence-corrected chi connectivity index (χ0v) is 17.8. The second-order valence-corrected chi connectivity index (χ2v) is 8.05. The molecule has 1 atom stereocenters. The molecule has 4 rings (SSSR count). The summed E-state index contributed by atoms with van der Waals surface area (Å²) in [6, 6.07) is 12.4. The van der Waals surface area contributed by atoms with Crippen molar-refractivity contribution in [3.8, 4) is 0 Å². The molecule has 1 aromatic heterocycles. The smallest absolute Gasteiger partial charge is 0.174 e. The molecule has 0 bridgehead atoms. The van der Waals surface area contributed by atoms with E-state index in [9.17, 15) is 0 Å². The maximum atomic E-state index is 6.13. The second-order valence-electron chi connectivity index (χ2n) is 7.22.